The maximum atomic E-state index is 11.6. The lowest BCUT2D eigenvalue weighted by Gasteiger charge is -2.14. The van der Waals surface area contributed by atoms with Gasteiger partial charge in [-0.05, 0) is 19.8 Å². The number of allylic oxidation sites excluding steroid dienone is 1. The van der Waals surface area contributed by atoms with Crippen molar-refractivity contribution in [2.45, 2.75) is 58.5 Å². The van der Waals surface area contributed by atoms with E-state index in [9.17, 15) is 14.7 Å². The van der Waals surface area contributed by atoms with Crippen molar-refractivity contribution in [2.75, 3.05) is 13.2 Å². The molecule has 128 valence electrons. The van der Waals surface area contributed by atoms with Gasteiger partial charge in [-0.1, -0.05) is 37.8 Å². The first-order valence-corrected chi connectivity index (χ1v) is 7.76. The molecular weight excluding hydrogens is 288 g/mol. The number of aliphatic carboxylic acids is 1. The van der Waals surface area contributed by atoms with Gasteiger partial charge in [-0.15, -0.1) is 0 Å². The Hall–Kier alpha value is -1.40. The number of unbranched alkanes of at least 4 members (excludes halogenated alkanes) is 4. The Morgan fingerprint density at radius 1 is 1.23 bits per heavy atom. The van der Waals surface area contributed by atoms with E-state index >= 15 is 0 Å². The number of rotatable bonds is 12. The molecule has 0 aliphatic heterocycles. The monoisotopic (exact) mass is 316 g/mol. The van der Waals surface area contributed by atoms with Crippen molar-refractivity contribution in [2.24, 2.45) is 5.92 Å². The second-order valence-electron chi connectivity index (χ2n) is 5.41. The van der Waals surface area contributed by atoms with Gasteiger partial charge in [0, 0.05) is 0 Å². The zero-order chi connectivity index (χ0) is 17.0. The molecule has 0 rings (SSSR count). The second kappa shape index (κ2) is 12.2. The number of ether oxygens (including phenoxy) is 1. The van der Waals surface area contributed by atoms with Gasteiger partial charge in [-0.2, -0.15) is 0 Å². The standard InChI is InChI=1S/C16H28O6/c1-3-4-5-6-7-8-12(2)14(16(20)21)9-15(19)22-11-13(18)10-17/h8,13-14,17-18H,3-7,9-11H2,1-2H3,(H,20,21)/b12-8-. The Morgan fingerprint density at radius 2 is 1.91 bits per heavy atom. The minimum atomic E-state index is -1.14. The predicted molar refractivity (Wildman–Crippen MR) is 82.3 cm³/mol. The van der Waals surface area contributed by atoms with Crippen molar-refractivity contribution in [3.8, 4) is 0 Å². The molecule has 3 N–H and O–H groups in total. The van der Waals surface area contributed by atoms with Gasteiger partial charge in [0.25, 0.3) is 0 Å². The van der Waals surface area contributed by atoms with Gasteiger partial charge in [0.1, 0.15) is 12.7 Å². The first-order chi connectivity index (χ1) is 10.4. The molecule has 2 unspecified atom stereocenters. The molecule has 6 heteroatoms. The van der Waals surface area contributed by atoms with E-state index in [2.05, 4.69) is 6.92 Å². The van der Waals surface area contributed by atoms with Crippen LogP contribution >= 0.6 is 0 Å². The van der Waals surface area contributed by atoms with E-state index in [0.29, 0.717) is 5.57 Å². The molecule has 0 aromatic heterocycles. The number of aliphatic hydroxyl groups is 2. The molecule has 0 saturated heterocycles. The molecule has 0 radical (unpaired) electrons. The molecule has 0 spiro atoms. The molecule has 0 amide bonds. The van der Waals surface area contributed by atoms with E-state index in [-0.39, 0.29) is 13.0 Å². The van der Waals surface area contributed by atoms with Crippen LogP contribution < -0.4 is 0 Å². The maximum absolute atomic E-state index is 11.6. The van der Waals surface area contributed by atoms with Crippen LogP contribution in [0.3, 0.4) is 0 Å². The van der Waals surface area contributed by atoms with Gasteiger partial charge in [-0.25, -0.2) is 0 Å². The summed E-state index contributed by atoms with van der Waals surface area (Å²) in [4.78, 5) is 22.9. The lowest BCUT2D eigenvalue weighted by atomic mass is 9.95. The quantitative estimate of drug-likeness (QED) is 0.288. The van der Waals surface area contributed by atoms with E-state index in [0.717, 1.165) is 32.1 Å². The summed E-state index contributed by atoms with van der Waals surface area (Å²) < 4.78 is 4.74. The molecule has 0 aromatic carbocycles. The van der Waals surface area contributed by atoms with Crippen molar-refractivity contribution in [3.05, 3.63) is 11.6 Å². The molecule has 0 aliphatic rings. The summed E-state index contributed by atoms with van der Waals surface area (Å²) in [6.07, 6.45) is 5.68. The van der Waals surface area contributed by atoms with Gasteiger partial charge in [-0.3, -0.25) is 9.59 Å². The minimum Gasteiger partial charge on any atom is -0.481 e. The van der Waals surface area contributed by atoms with E-state index in [1.807, 2.05) is 6.08 Å². The van der Waals surface area contributed by atoms with Crippen LogP contribution in [0.5, 0.6) is 0 Å². The summed E-state index contributed by atoms with van der Waals surface area (Å²) in [6, 6.07) is 0. The first kappa shape index (κ1) is 20.6. The van der Waals surface area contributed by atoms with Crippen molar-refractivity contribution in [1.82, 2.24) is 0 Å². The molecule has 2 atom stereocenters. The van der Waals surface area contributed by atoms with E-state index in [1.165, 1.54) is 0 Å². The van der Waals surface area contributed by atoms with Crippen LogP contribution in [-0.4, -0.2) is 46.6 Å². The third-order valence-corrected chi connectivity index (χ3v) is 3.39. The summed E-state index contributed by atoms with van der Waals surface area (Å²) in [5.41, 5.74) is 0.642. The van der Waals surface area contributed by atoms with Crippen LogP contribution in [0.25, 0.3) is 0 Å². The zero-order valence-electron chi connectivity index (χ0n) is 13.5. The molecule has 0 aliphatic carbocycles. The number of hydrogen-bond donors (Lipinski definition) is 3. The Bertz CT molecular complexity index is 364. The van der Waals surface area contributed by atoms with Gasteiger partial charge >= 0.3 is 11.9 Å². The molecular formula is C16H28O6. The van der Waals surface area contributed by atoms with E-state index in [1.54, 1.807) is 6.92 Å². The van der Waals surface area contributed by atoms with Crippen LogP contribution in [-0.2, 0) is 14.3 Å². The number of carbonyl (C=O) groups excluding carboxylic acids is 1. The Kier molecular flexibility index (Phi) is 11.4. The lowest BCUT2D eigenvalue weighted by Crippen LogP contribution is -2.25. The van der Waals surface area contributed by atoms with Gasteiger partial charge in [0.15, 0.2) is 0 Å². The third-order valence-electron chi connectivity index (χ3n) is 3.39. The zero-order valence-corrected chi connectivity index (χ0v) is 13.5. The number of hydrogen-bond acceptors (Lipinski definition) is 5. The van der Waals surface area contributed by atoms with Crippen LogP contribution in [0.2, 0.25) is 0 Å². The van der Waals surface area contributed by atoms with Crippen molar-refractivity contribution >= 4 is 11.9 Å². The van der Waals surface area contributed by atoms with Gasteiger partial charge in [0.05, 0.1) is 18.9 Å². The number of esters is 1. The average molecular weight is 316 g/mol. The summed E-state index contributed by atoms with van der Waals surface area (Å²) in [5.74, 6) is -2.68. The Morgan fingerprint density at radius 3 is 2.45 bits per heavy atom. The summed E-state index contributed by atoms with van der Waals surface area (Å²) >= 11 is 0. The smallest absolute Gasteiger partial charge is 0.311 e. The topological polar surface area (TPSA) is 104 Å². The first-order valence-electron chi connectivity index (χ1n) is 7.76. The van der Waals surface area contributed by atoms with Crippen LogP contribution in [0.15, 0.2) is 11.6 Å². The number of carbonyl (C=O) groups is 2. The molecule has 6 nitrogen and oxygen atoms in total. The number of carboxylic acids is 1. The number of carboxylic acid groups (broad SMARTS) is 1. The summed E-state index contributed by atoms with van der Waals surface area (Å²) in [6.45, 7) is 2.99. The molecule has 0 fully saturated rings. The van der Waals surface area contributed by atoms with Crippen LogP contribution in [0.4, 0.5) is 0 Å². The number of aliphatic hydroxyl groups excluding tert-OH is 2. The van der Waals surface area contributed by atoms with E-state index in [4.69, 9.17) is 14.9 Å². The molecule has 0 bridgehead atoms. The highest BCUT2D eigenvalue weighted by Gasteiger charge is 2.24. The fourth-order valence-electron chi connectivity index (χ4n) is 1.95. The van der Waals surface area contributed by atoms with Gasteiger partial charge < -0.3 is 20.1 Å². The fraction of sp³-hybridized carbons (Fsp3) is 0.750. The highest BCUT2D eigenvalue weighted by atomic mass is 16.5. The highest BCUT2D eigenvalue weighted by molar-refractivity contribution is 5.81. The second-order valence-corrected chi connectivity index (χ2v) is 5.41. The molecule has 0 heterocycles. The summed E-state index contributed by atoms with van der Waals surface area (Å²) in [5, 5.41) is 26.9. The van der Waals surface area contributed by atoms with Crippen LogP contribution in [0.1, 0.15) is 52.4 Å². The van der Waals surface area contributed by atoms with Crippen molar-refractivity contribution < 1.29 is 29.6 Å². The normalized spacial score (nSPS) is 14.5. The lowest BCUT2D eigenvalue weighted by molar-refractivity contribution is -0.152. The highest BCUT2D eigenvalue weighted by Crippen LogP contribution is 2.18. The largest absolute Gasteiger partial charge is 0.481 e. The SMILES string of the molecule is CCCCCC/C=C(/C)C(CC(=O)OCC(O)CO)C(=O)O. The fourth-order valence-corrected chi connectivity index (χ4v) is 1.95. The van der Waals surface area contributed by atoms with Crippen LogP contribution in [0, 0.1) is 5.92 Å². The van der Waals surface area contributed by atoms with Crippen molar-refractivity contribution in [1.29, 1.82) is 0 Å². The van der Waals surface area contributed by atoms with Crippen molar-refractivity contribution in [3.63, 3.8) is 0 Å². The minimum absolute atomic E-state index is 0.273. The summed E-state index contributed by atoms with van der Waals surface area (Å²) in [7, 11) is 0. The molecule has 0 aromatic rings. The Labute approximate surface area is 131 Å². The molecule has 0 saturated carbocycles. The average Bonchev–Trinajstić information content (AvgIpc) is 2.49. The maximum Gasteiger partial charge on any atom is 0.311 e. The molecule has 22 heavy (non-hydrogen) atoms. The Balaban J connectivity index is 4.36. The third kappa shape index (κ3) is 9.52. The predicted octanol–water partition coefficient (Wildman–Crippen LogP) is 1.89. The van der Waals surface area contributed by atoms with E-state index < -0.39 is 30.6 Å². The van der Waals surface area contributed by atoms with Gasteiger partial charge in [0.2, 0.25) is 0 Å².